The van der Waals surface area contributed by atoms with Gasteiger partial charge in [-0.25, -0.2) is 0 Å². The van der Waals surface area contributed by atoms with Gasteiger partial charge in [0.1, 0.15) is 5.75 Å². The Morgan fingerprint density at radius 2 is 2.23 bits per heavy atom. The predicted octanol–water partition coefficient (Wildman–Crippen LogP) is 3.10. The second-order valence-electron chi connectivity index (χ2n) is 2.64. The van der Waals surface area contributed by atoms with E-state index in [0.29, 0.717) is 0 Å². The van der Waals surface area contributed by atoms with Gasteiger partial charge in [0, 0.05) is 14.6 Å². The molecule has 0 radical (unpaired) electrons. The molecule has 0 saturated carbocycles. The Morgan fingerprint density at radius 1 is 1.46 bits per heavy atom. The highest BCUT2D eigenvalue weighted by Crippen LogP contribution is 2.38. The molecule has 0 fully saturated rings. The van der Waals surface area contributed by atoms with Gasteiger partial charge < -0.3 is 10.5 Å². The Bertz CT molecular complexity index is 452. The SMILES string of the molecule is COc1csc2c(N)ccc(I)c12. The van der Waals surface area contributed by atoms with E-state index in [1.807, 2.05) is 17.5 Å². The highest BCUT2D eigenvalue weighted by molar-refractivity contribution is 14.1. The topological polar surface area (TPSA) is 35.2 Å². The quantitative estimate of drug-likeness (QED) is 0.649. The van der Waals surface area contributed by atoms with Crippen LogP contribution in [0.5, 0.6) is 5.75 Å². The molecule has 0 aliphatic carbocycles. The van der Waals surface area contributed by atoms with Gasteiger partial charge in [-0.1, -0.05) is 0 Å². The fourth-order valence-corrected chi connectivity index (χ4v) is 3.12. The molecule has 0 amide bonds. The Labute approximate surface area is 93.8 Å². The molecule has 0 spiro atoms. The predicted molar refractivity (Wildman–Crippen MR) is 65.5 cm³/mol. The summed E-state index contributed by atoms with van der Waals surface area (Å²) in [6.45, 7) is 0. The number of ether oxygens (including phenoxy) is 1. The van der Waals surface area contributed by atoms with Crippen molar-refractivity contribution in [3.63, 3.8) is 0 Å². The van der Waals surface area contributed by atoms with Crippen LogP contribution in [0.1, 0.15) is 0 Å². The van der Waals surface area contributed by atoms with E-state index in [0.717, 1.165) is 21.5 Å². The summed E-state index contributed by atoms with van der Waals surface area (Å²) >= 11 is 3.92. The molecule has 2 rings (SSSR count). The fourth-order valence-electron chi connectivity index (χ4n) is 1.25. The number of anilines is 1. The van der Waals surface area contributed by atoms with Crippen molar-refractivity contribution in [3.05, 3.63) is 21.1 Å². The third-order valence-corrected chi connectivity index (χ3v) is 3.79. The van der Waals surface area contributed by atoms with Gasteiger partial charge in [0.25, 0.3) is 0 Å². The number of hydrogen-bond donors (Lipinski definition) is 1. The molecule has 2 N–H and O–H groups in total. The third kappa shape index (κ3) is 1.38. The molecule has 1 aromatic carbocycles. The molecule has 0 saturated heterocycles. The van der Waals surface area contributed by atoms with Gasteiger partial charge in [0.05, 0.1) is 17.2 Å². The van der Waals surface area contributed by atoms with Crippen LogP contribution in [0.3, 0.4) is 0 Å². The van der Waals surface area contributed by atoms with E-state index in [2.05, 4.69) is 22.6 Å². The number of rotatable bonds is 1. The summed E-state index contributed by atoms with van der Waals surface area (Å²) in [5.74, 6) is 0.914. The second-order valence-corrected chi connectivity index (χ2v) is 4.69. The molecule has 0 aliphatic heterocycles. The number of halogens is 1. The van der Waals surface area contributed by atoms with E-state index in [9.17, 15) is 0 Å². The van der Waals surface area contributed by atoms with Crippen LogP contribution in [0.2, 0.25) is 0 Å². The smallest absolute Gasteiger partial charge is 0.138 e. The van der Waals surface area contributed by atoms with Crippen LogP contribution in [0.4, 0.5) is 5.69 Å². The summed E-state index contributed by atoms with van der Waals surface area (Å²) in [6, 6.07) is 3.94. The fraction of sp³-hybridized carbons (Fsp3) is 0.111. The van der Waals surface area contributed by atoms with Crippen LogP contribution < -0.4 is 10.5 Å². The van der Waals surface area contributed by atoms with Gasteiger partial charge in [0.15, 0.2) is 0 Å². The highest BCUT2D eigenvalue weighted by atomic mass is 127. The maximum Gasteiger partial charge on any atom is 0.138 e. The molecular weight excluding hydrogens is 297 g/mol. The number of nitrogen functional groups attached to an aromatic ring is 1. The average Bonchev–Trinajstić information content (AvgIpc) is 2.56. The maximum atomic E-state index is 5.84. The molecule has 13 heavy (non-hydrogen) atoms. The molecule has 4 heteroatoms. The Balaban J connectivity index is 2.87. The first kappa shape index (κ1) is 9.08. The summed E-state index contributed by atoms with van der Waals surface area (Å²) in [4.78, 5) is 0. The van der Waals surface area contributed by atoms with Crippen LogP contribution in [0, 0.1) is 3.57 Å². The van der Waals surface area contributed by atoms with Crippen LogP contribution >= 0.6 is 33.9 Å². The number of benzene rings is 1. The van der Waals surface area contributed by atoms with Gasteiger partial charge >= 0.3 is 0 Å². The molecule has 0 bridgehead atoms. The maximum absolute atomic E-state index is 5.84. The summed E-state index contributed by atoms with van der Waals surface area (Å²) in [7, 11) is 1.68. The lowest BCUT2D eigenvalue weighted by Crippen LogP contribution is -1.87. The highest BCUT2D eigenvalue weighted by Gasteiger charge is 2.09. The first-order valence-electron chi connectivity index (χ1n) is 3.73. The minimum absolute atomic E-state index is 0.823. The normalized spacial score (nSPS) is 10.6. The van der Waals surface area contributed by atoms with E-state index in [1.165, 1.54) is 3.57 Å². The van der Waals surface area contributed by atoms with Gasteiger partial charge in [-0.15, -0.1) is 11.3 Å². The van der Waals surface area contributed by atoms with Crippen LogP contribution in [0.15, 0.2) is 17.5 Å². The monoisotopic (exact) mass is 305 g/mol. The first-order chi connectivity index (χ1) is 6.24. The lowest BCUT2D eigenvalue weighted by Gasteiger charge is -2.00. The molecule has 2 nitrogen and oxygen atoms in total. The zero-order chi connectivity index (χ0) is 9.42. The van der Waals surface area contributed by atoms with E-state index < -0.39 is 0 Å². The molecule has 0 atom stereocenters. The zero-order valence-corrected chi connectivity index (χ0v) is 9.98. The number of methoxy groups -OCH3 is 1. The Hall–Kier alpha value is -0.490. The Morgan fingerprint density at radius 3 is 2.92 bits per heavy atom. The molecule has 1 aromatic heterocycles. The van der Waals surface area contributed by atoms with Crippen molar-refractivity contribution in [2.45, 2.75) is 0 Å². The number of nitrogens with two attached hydrogens (primary N) is 1. The molecule has 68 valence electrons. The average molecular weight is 305 g/mol. The molecule has 0 aliphatic rings. The van der Waals surface area contributed by atoms with Crippen molar-refractivity contribution < 1.29 is 4.74 Å². The van der Waals surface area contributed by atoms with Crippen LogP contribution in [-0.4, -0.2) is 7.11 Å². The third-order valence-electron chi connectivity index (χ3n) is 1.89. The summed E-state index contributed by atoms with van der Waals surface area (Å²) in [5, 5.41) is 3.12. The summed E-state index contributed by atoms with van der Waals surface area (Å²) in [5.41, 5.74) is 6.67. The van der Waals surface area contributed by atoms with Crippen molar-refractivity contribution >= 4 is 49.7 Å². The van der Waals surface area contributed by atoms with Crippen molar-refractivity contribution in [2.24, 2.45) is 0 Å². The van der Waals surface area contributed by atoms with E-state index in [-0.39, 0.29) is 0 Å². The van der Waals surface area contributed by atoms with Gasteiger partial charge in [-0.2, -0.15) is 0 Å². The minimum atomic E-state index is 0.823. The lowest BCUT2D eigenvalue weighted by atomic mass is 10.2. The number of fused-ring (bicyclic) bond motifs is 1. The standard InChI is InChI=1S/C9H8INOS/c1-12-7-4-13-9-6(11)3-2-5(10)8(7)9/h2-4H,11H2,1H3. The van der Waals surface area contributed by atoms with Crippen molar-refractivity contribution in [1.29, 1.82) is 0 Å². The Kier molecular flexibility index (Phi) is 2.33. The number of thiophene rings is 1. The minimum Gasteiger partial charge on any atom is -0.495 e. The summed E-state index contributed by atoms with van der Waals surface area (Å²) < 4.78 is 7.55. The largest absolute Gasteiger partial charge is 0.495 e. The summed E-state index contributed by atoms with van der Waals surface area (Å²) in [6.07, 6.45) is 0. The van der Waals surface area contributed by atoms with E-state index in [1.54, 1.807) is 18.4 Å². The molecule has 2 aromatic rings. The van der Waals surface area contributed by atoms with Gasteiger partial charge in [0.2, 0.25) is 0 Å². The van der Waals surface area contributed by atoms with Crippen LogP contribution in [0.25, 0.3) is 10.1 Å². The number of hydrogen-bond acceptors (Lipinski definition) is 3. The molecule has 0 unspecified atom stereocenters. The lowest BCUT2D eigenvalue weighted by molar-refractivity contribution is 0.421. The molecular formula is C9H8INOS. The van der Waals surface area contributed by atoms with Crippen molar-refractivity contribution in [1.82, 2.24) is 0 Å². The second kappa shape index (κ2) is 3.34. The van der Waals surface area contributed by atoms with Crippen LogP contribution in [-0.2, 0) is 0 Å². The van der Waals surface area contributed by atoms with Crippen molar-refractivity contribution in [2.75, 3.05) is 12.8 Å². The molecule has 1 heterocycles. The van der Waals surface area contributed by atoms with Crippen molar-refractivity contribution in [3.8, 4) is 5.75 Å². The first-order valence-corrected chi connectivity index (χ1v) is 5.69. The van der Waals surface area contributed by atoms with E-state index in [4.69, 9.17) is 10.5 Å². The van der Waals surface area contributed by atoms with E-state index >= 15 is 0 Å². The van der Waals surface area contributed by atoms with Gasteiger partial charge in [-0.05, 0) is 34.7 Å². The zero-order valence-electron chi connectivity index (χ0n) is 7.00. The van der Waals surface area contributed by atoms with Gasteiger partial charge in [-0.3, -0.25) is 0 Å².